The fraction of sp³-hybridized carbons (Fsp3) is 0.647. The predicted octanol–water partition coefficient (Wildman–Crippen LogP) is 5.11. The highest BCUT2D eigenvalue weighted by Gasteiger charge is 2.40. The molecule has 0 radical (unpaired) electrons. The average molecular weight is 385 g/mol. The Kier molecular flexibility index (Phi) is 7.27. The van der Waals surface area contributed by atoms with Crippen molar-refractivity contribution in [3.05, 3.63) is 29.6 Å². The quantitative estimate of drug-likeness (QED) is 0.762. The van der Waals surface area contributed by atoms with Gasteiger partial charge < -0.3 is 10.2 Å². The van der Waals surface area contributed by atoms with E-state index < -0.39 is 17.8 Å². The zero-order valence-corrected chi connectivity index (χ0v) is 15.5. The molecule has 24 heavy (non-hydrogen) atoms. The molecule has 138 valence electrons. The third kappa shape index (κ3) is 4.30. The molecular formula is C17H25Cl2F3N2. The second-order valence-electron chi connectivity index (χ2n) is 7.12. The normalized spacial score (nSPS) is 25.5. The summed E-state index contributed by atoms with van der Waals surface area (Å²) in [4.78, 5) is 2.21. The number of nitrogens with one attached hydrogen (secondary N) is 1. The molecule has 1 aliphatic heterocycles. The Hall–Kier alpha value is -0.650. The Morgan fingerprint density at radius 3 is 2.46 bits per heavy atom. The van der Waals surface area contributed by atoms with Crippen LogP contribution in [0.25, 0.3) is 0 Å². The smallest absolute Gasteiger partial charge is 0.266 e. The summed E-state index contributed by atoms with van der Waals surface area (Å²) in [7, 11) is 0. The van der Waals surface area contributed by atoms with Crippen LogP contribution >= 0.6 is 24.8 Å². The summed E-state index contributed by atoms with van der Waals surface area (Å²) >= 11 is 0. The summed E-state index contributed by atoms with van der Waals surface area (Å²) in [6, 6.07) is 4.84. The van der Waals surface area contributed by atoms with Crippen molar-refractivity contribution in [1.29, 1.82) is 0 Å². The van der Waals surface area contributed by atoms with E-state index in [0.29, 0.717) is 17.8 Å². The lowest BCUT2D eigenvalue weighted by atomic mass is 9.83. The fourth-order valence-electron chi connectivity index (χ4n) is 3.90. The third-order valence-corrected chi connectivity index (χ3v) is 4.82. The minimum absolute atomic E-state index is 0. The van der Waals surface area contributed by atoms with Gasteiger partial charge in [0.25, 0.3) is 6.43 Å². The number of nitrogens with zero attached hydrogens (tertiary/aromatic N) is 1. The van der Waals surface area contributed by atoms with Crippen molar-refractivity contribution < 1.29 is 13.2 Å². The van der Waals surface area contributed by atoms with Crippen LogP contribution in [0.5, 0.6) is 0 Å². The Balaban J connectivity index is 0.00000144. The molecule has 0 bridgehead atoms. The van der Waals surface area contributed by atoms with Gasteiger partial charge in [-0.15, -0.1) is 24.8 Å². The lowest BCUT2D eigenvalue weighted by Crippen LogP contribution is -2.67. The molecule has 0 aromatic heterocycles. The van der Waals surface area contributed by atoms with E-state index in [-0.39, 0.29) is 30.4 Å². The van der Waals surface area contributed by atoms with Gasteiger partial charge in [-0.25, -0.2) is 13.2 Å². The monoisotopic (exact) mass is 384 g/mol. The number of alkyl halides is 2. The van der Waals surface area contributed by atoms with Gasteiger partial charge in [0.1, 0.15) is 5.82 Å². The molecule has 1 heterocycles. The minimum atomic E-state index is -2.77. The summed E-state index contributed by atoms with van der Waals surface area (Å²) in [6.07, 6.45) is 1.78. The Bertz CT molecular complexity index is 555. The average Bonchev–Trinajstić information content (AvgIpc) is 2.44. The number of anilines is 1. The Labute approximate surface area is 154 Å². The van der Waals surface area contributed by atoms with E-state index in [1.807, 2.05) is 0 Å². The lowest BCUT2D eigenvalue weighted by molar-refractivity contribution is 0.146. The largest absolute Gasteiger partial charge is 0.365 e. The highest BCUT2D eigenvalue weighted by molar-refractivity contribution is 5.85. The number of piperazine rings is 1. The number of halogens is 5. The first-order chi connectivity index (χ1) is 10.4. The topological polar surface area (TPSA) is 15.3 Å². The third-order valence-electron chi connectivity index (χ3n) is 4.82. The van der Waals surface area contributed by atoms with Crippen LogP contribution < -0.4 is 10.2 Å². The van der Waals surface area contributed by atoms with Crippen molar-refractivity contribution in [2.45, 2.75) is 63.6 Å². The van der Waals surface area contributed by atoms with Crippen molar-refractivity contribution in [1.82, 2.24) is 5.32 Å². The zero-order valence-electron chi connectivity index (χ0n) is 13.9. The van der Waals surface area contributed by atoms with Crippen molar-refractivity contribution in [3.8, 4) is 0 Å². The van der Waals surface area contributed by atoms with E-state index in [0.717, 1.165) is 25.8 Å². The summed E-state index contributed by atoms with van der Waals surface area (Å²) < 4.78 is 39.4. The van der Waals surface area contributed by atoms with Gasteiger partial charge in [0.15, 0.2) is 0 Å². The molecule has 1 saturated heterocycles. The van der Waals surface area contributed by atoms with Crippen molar-refractivity contribution >= 4 is 30.5 Å². The number of hydrogen-bond donors (Lipinski definition) is 1. The van der Waals surface area contributed by atoms with Gasteiger partial charge in [-0.2, -0.15) is 0 Å². The highest BCUT2D eigenvalue weighted by atomic mass is 35.5. The van der Waals surface area contributed by atoms with Crippen LogP contribution in [0.15, 0.2) is 18.2 Å². The van der Waals surface area contributed by atoms with Crippen LogP contribution in [0.2, 0.25) is 0 Å². The van der Waals surface area contributed by atoms with Crippen LogP contribution in [0.1, 0.15) is 51.5 Å². The second kappa shape index (κ2) is 8.15. The van der Waals surface area contributed by atoms with Gasteiger partial charge >= 0.3 is 0 Å². The first kappa shape index (κ1) is 21.4. The van der Waals surface area contributed by atoms with E-state index in [9.17, 15) is 13.2 Å². The zero-order chi connectivity index (χ0) is 15.9. The van der Waals surface area contributed by atoms with Gasteiger partial charge in [-0.3, -0.25) is 0 Å². The summed E-state index contributed by atoms with van der Waals surface area (Å²) in [5.74, 6) is -0.809. The second-order valence-corrected chi connectivity index (χ2v) is 7.12. The summed E-state index contributed by atoms with van der Waals surface area (Å²) in [5.41, 5.74) is 0.128. The SMILES string of the molecule is CC1(C)CN(c2ccc(C(F)F)c(F)c2)[C@H]2CCCC[C@@H]2N1.Cl.Cl. The van der Waals surface area contributed by atoms with E-state index in [2.05, 4.69) is 24.1 Å². The minimum Gasteiger partial charge on any atom is -0.365 e. The molecule has 0 amide bonds. The molecular weight excluding hydrogens is 360 g/mol. The molecule has 1 N–H and O–H groups in total. The van der Waals surface area contributed by atoms with E-state index in [4.69, 9.17) is 0 Å². The van der Waals surface area contributed by atoms with Gasteiger partial charge in [0.2, 0.25) is 0 Å². The van der Waals surface area contributed by atoms with Crippen LogP contribution in [0.3, 0.4) is 0 Å². The van der Waals surface area contributed by atoms with Crippen molar-refractivity contribution in [3.63, 3.8) is 0 Å². The van der Waals surface area contributed by atoms with Crippen LogP contribution in [-0.4, -0.2) is 24.2 Å². The van der Waals surface area contributed by atoms with E-state index in [1.54, 1.807) is 6.07 Å². The molecule has 2 fully saturated rings. The van der Waals surface area contributed by atoms with E-state index >= 15 is 0 Å². The first-order valence-corrected chi connectivity index (χ1v) is 7.99. The molecule has 0 spiro atoms. The predicted molar refractivity (Wildman–Crippen MR) is 96.5 cm³/mol. The number of rotatable bonds is 2. The van der Waals surface area contributed by atoms with Gasteiger partial charge in [0.05, 0.1) is 5.56 Å². The van der Waals surface area contributed by atoms with E-state index in [1.165, 1.54) is 18.6 Å². The van der Waals surface area contributed by atoms with Gasteiger partial charge in [-0.1, -0.05) is 12.8 Å². The molecule has 2 atom stereocenters. The maximum atomic E-state index is 14.0. The molecule has 2 aliphatic rings. The molecule has 1 aromatic rings. The maximum absolute atomic E-state index is 14.0. The van der Waals surface area contributed by atoms with Crippen LogP contribution in [0, 0.1) is 5.82 Å². The number of benzene rings is 1. The molecule has 2 nitrogen and oxygen atoms in total. The molecule has 0 unspecified atom stereocenters. The van der Waals surface area contributed by atoms with Gasteiger partial charge in [0, 0.05) is 29.9 Å². The first-order valence-electron chi connectivity index (χ1n) is 7.99. The Morgan fingerprint density at radius 2 is 1.83 bits per heavy atom. The van der Waals surface area contributed by atoms with Crippen molar-refractivity contribution in [2.24, 2.45) is 0 Å². The highest BCUT2D eigenvalue weighted by Crippen LogP contribution is 2.35. The van der Waals surface area contributed by atoms with Crippen molar-refractivity contribution in [2.75, 3.05) is 11.4 Å². The molecule has 7 heteroatoms. The molecule has 1 aromatic carbocycles. The summed E-state index contributed by atoms with van der Waals surface area (Å²) in [6.45, 7) is 5.02. The molecule has 3 rings (SSSR count). The summed E-state index contributed by atoms with van der Waals surface area (Å²) in [5, 5.41) is 3.68. The maximum Gasteiger partial charge on any atom is 0.266 e. The fourth-order valence-corrected chi connectivity index (χ4v) is 3.90. The lowest BCUT2D eigenvalue weighted by Gasteiger charge is -2.52. The number of fused-ring (bicyclic) bond motifs is 1. The van der Waals surface area contributed by atoms with Gasteiger partial charge in [-0.05, 0) is 44.9 Å². The molecule has 1 aliphatic carbocycles. The molecule has 1 saturated carbocycles. The standard InChI is InChI=1S/C17H23F3N2.2ClH/c1-17(2)10-22(15-6-4-3-5-14(15)21-17)11-7-8-12(16(19)20)13(18)9-11;;/h7-9,14-16,21H,3-6,10H2,1-2H3;2*1H/t14-,15-;;/m0../s1. The number of hydrogen-bond acceptors (Lipinski definition) is 2. The van der Waals surface area contributed by atoms with Crippen LogP contribution in [0.4, 0.5) is 18.9 Å². The van der Waals surface area contributed by atoms with Crippen LogP contribution in [-0.2, 0) is 0 Å². The Morgan fingerprint density at radius 1 is 1.17 bits per heavy atom.